The first kappa shape index (κ1) is 19.3. The molecular formula is C23H23N3O2. The summed E-state index contributed by atoms with van der Waals surface area (Å²) in [4.78, 5) is 28.3. The Hall–Kier alpha value is -3.47. The van der Waals surface area contributed by atoms with Crippen molar-refractivity contribution in [2.24, 2.45) is 0 Å². The molecule has 0 saturated carbocycles. The maximum Gasteiger partial charge on any atom is 0.253 e. The molecule has 5 nitrogen and oxygen atoms in total. The van der Waals surface area contributed by atoms with E-state index in [9.17, 15) is 9.59 Å². The van der Waals surface area contributed by atoms with E-state index in [-0.39, 0.29) is 11.8 Å². The predicted molar refractivity (Wildman–Crippen MR) is 110 cm³/mol. The standard InChI is InChI=1S/C23H23N3O2/c1-17-7-9-18(10-8-17)11-12-22(27)26-21-6-2-4-19(14-21)15-25-23(28)20-5-3-13-24-16-20/h2-10,13-14,16H,11-12,15H2,1H3,(H,25,28)(H,26,27). The number of pyridine rings is 1. The van der Waals surface area contributed by atoms with Gasteiger partial charge in [-0.1, -0.05) is 42.0 Å². The van der Waals surface area contributed by atoms with Gasteiger partial charge in [0.05, 0.1) is 5.56 Å². The molecule has 1 aromatic heterocycles. The van der Waals surface area contributed by atoms with Gasteiger partial charge in [-0.25, -0.2) is 0 Å². The van der Waals surface area contributed by atoms with Gasteiger partial charge in [-0.15, -0.1) is 0 Å². The van der Waals surface area contributed by atoms with E-state index >= 15 is 0 Å². The molecule has 0 spiro atoms. The van der Waals surface area contributed by atoms with Gasteiger partial charge < -0.3 is 10.6 Å². The first-order valence-electron chi connectivity index (χ1n) is 9.23. The van der Waals surface area contributed by atoms with E-state index in [0.29, 0.717) is 24.9 Å². The van der Waals surface area contributed by atoms with E-state index in [1.165, 1.54) is 11.8 Å². The summed E-state index contributed by atoms with van der Waals surface area (Å²) in [7, 11) is 0. The largest absolute Gasteiger partial charge is 0.348 e. The molecule has 5 heteroatoms. The third-order valence-electron chi connectivity index (χ3n) is 4.35. The van der Waals surface area contributed by atoms with Crippen LogP contribution in [0.5, 0.6) is 0 Å². The number of carbonyl (C=O) groups excluding carboxylic acids is 2. The van der Waals surface area contributed by atoms with Crippen LogP contribution in [-0.2, 0) is 17.8 Å². The van der Waals surface area contributed by atoms with Crippen molar-refractivity contribution in [3.05, 3.63) is 95.3 Å². The molecule has 0 atom stereocenters. The summed E-state index contributed by atoms with van der Waals surface area (Å²) in [5.74, 6) is -0.210. The molecule has 0 fully saturated rings. The lowest BCUT2D eigenvalue weighted by Gasteiger charge is -2.09. The number of rotatable bonds is 7. The predicted octanol–water partition coefficient (Wildman–Crippen LogP) is 3.89. The van der Waals surface area contributed by atoms with Crippen LogP contribution in [0, 0.1) is 6.92 Å². The molecule has 0 saturated heterocycles. The van der Waals surface area contributed by atoms with Gasteiger partial charge in [-0.2, -0.15) is 0 Å². The number of hydrogen-bond donors (Lipinski definition) is 2. The van der Waals surface area contributed by atoms with Crippen molar-refractivity contribution in [3.63, 3.8) is 0 Å². The van der Waals surface area contributed by atoms with Crippen LogP contribution in [0.1, 0.15) is 33.5 Å². The Balaban J connectivity index is 1.50. The fourth-order valence-electron chi connectivity index (χ4n) is 2.78. The highest BCUT2D eigenvalue weighted by atomic mass is 16.2. The molecule has 0 radical (unpaired) electrons. The molecular weight excluding hydrogens is 350 g/mol. The fourth-order valence-corrected chi connectivity index (χ4v) is 2.78. The Labute approximate surface area is 164 Å². The van der Waals surface area contributed by atoms with E-state index in [0.717, 1.165) is 16.8 Å². The van der Waals surface area contributed by atoms with E-state index < -0.39 is 0 Å². The second kappa shape index (κ2) is 9.46. The molecule has 0 bridgehead atoms. The van der Waals surface area contributed by atoms with Crippen molar-refractivity contribution in [2.45, 2.75) is 26.3 Å². The number of benzene rings is 2. The maximum absolute atomic E-state index is 12.2. The summed E-state index contributed by atoms with van der Waals surface area (Å²) < 4.78 is 0. The summed E-state index contributed by atoms with van der Waals surface area (Å²) >= 11 is 0. The van der Waals surface area contributed by atoms with E-state index in [1.807, 2.05) is 43.3 Å². The maximum atomic E-state index is 12.2. The smallest absolute Gasteiger partial charge is 0.253 e. The molecule has 2 N–H and O–H groups in total. The molecule has 28 heavy (non-hydrogen) atoms. The van der Waals surface area contributed by atoms with Crippen LogP contribution < -0.4 is 10.6 Å². The zero-order chi connectivity index (χ0) is 19.8. The minimum absolute atomic E-state index is 0.0304. The summed E-state index contributed by atoms with van der Waals surface area (Å²) in [6.07, 6.45) is 4.28. The summed E-state index contributed by atoms with van der Waals surface area (Å²) in [5.41, 5.74) is 4.51. The van der Waals surface area contributed by atoms with Crippen molar-refractivity contribution in [2.75, 3.05) is 5.32 Å². The molecule has 3 aromatic rings. The minimum Gasteiger partial charge on any atom is -0.348 e. The number of carbonyl (C=O) groups is 2. The Bertz CT molecular complexity index is 938. The number of nitrogens with zero attached hydrogens (tertiary/aromatic N) is 1. The van der Waals surface area contributed by atoms with Gasteiger partial charge in [0.25, 0.3) is 5.91 Å². The van der Waals surface area contributed by atoms with Crippen LogP contribution in [0.4, 0.5) is 5.69 Å². The van der Waals surface area contributed by atoms with Gasteiger partial charge in [0.2, 0.25) is 5.91 Å². The Kier molecular flexibility index (Phi) is 6.52. The zero-order valence-corrected chi connectivity index (χ0v) is 15.8. The molecule has 142 valence electrons. The van der Waals surface area contributed by atoms with Crippen LogP contribution in [-0.4, -0.2) is 16.8 Å². The zero-order valence-electron chi connectivity index (χ0n) is 15.8. The first-order chi connectivity index (χ1) is 13.6. The molecule has 1 heterocycles. The SMILES string of the molecule is Cc1ccc(CCC(=O)Nc2cccc(CNC(=O)c3cccnc3)c2)cc1. The third kappa shape index (κ3) is 5.77. The monoisotopic (exact) mass is 373 g/mol. The Morgan fingerprint density at radius 3 is 2.54 bits per heavy atom. The van der Waals surface area contributed by atoms with Crippen molar-refractivity contribution >= 4 is 17.5 Å². The number of aryl methyl sites for hydroxylation is 2. The number of anilines is 1. The van der Waals surface area contributed by atoms with Gasteiger partial charge in [0.15, 0.2) is 0 Å². The van der Waals surface area contributed by atoms with Crippen molar-refractivity contribution in [1.29, 1.82) is 0 Å². The number of amides is 2. The van der Waals surface area contributed by atoms with Crippen molar-refractivity contribution < 1.29 is 9.59 Å². The second-order valence-electron chi connectivity index (χ2n) is 6.66. The second-order valence-corrected chi connectivity index (χ2v) is 6.66. The van der Waals surface area contributed by atoms with Crippen LogP contribution >= 0.6 is 0 Å². The molecule has 0 aliphatic rings. The van der Waals surface area contributed by atoms with Crippen LogP contribution in [0.3, 0.4) is 0 Å². The lowest BCUT2D eigenvalue weighted by Crippen LogP contribution is -2.23. The van der Waals surface area contributed by atoms with Gasteiger partial charge in [-0.3, -0.25) is 14.6 Å². The molecule has 0 aliphatic heterocycles. The van der Waals surface area contributed by atoms with E-state index in [1.54, 1.807) is 18.3 Å². The lowest BCUT2D eigenvalue weighted by molar-refractivity contribution is -0.116. The first-order valence-corrected chi connectivity index (χ1v) is 9.23. The van der Waals surface area contributed by atoms with Crippen LogP contribution in [0.25, 0.3) is 0 Å². The fraction of sp³-hybridized carbons (Fsp3) is 0.174. The molecule has 2 amide bonds. The van der Waals surface area contributed by atoms with Gasteiger partial charge in [0, 0.05) is 31.0 Å². The average Bonchev–Trinajstić information content (AvgIpc) is 2.72. The summed E-state index contributed by atoms with van der Waals surface area (Å²) in [5, 5.41) is 5.78. The Morgan fingerprint density at radius 1 is 0.964 bits per heavy atom. The van der Waals surface area contributed by atoms with Gasteiger partial charge in [-0.05, 0) is 48.7 Å². The summed E-state index contributed by atoms with van der Waals surface area (Å²) in [6, 6.07) is 19.1. The highest BCUT2D eigenvalue weighted by molar-refractivity contribution is 5.94. The Morgan fingerprint density at radius 2 is 1.79 bits per heavy atom. The van der Waals surface area contributed by atoms with Crippen molar-refractivity contribution in [1.82, 2.24) is 10.3 Å². The number of nitrogens with one attached hydrogen (secondary N) is 2. The quantitative estimate of drug-likeness (QED) is 0.660. The van der Waals surface area contributed by atoms with Crippen LogP contribution in [0.15, 0.2) is 73.1 Å². The normalized spacial score (nSPS) is 10.3. The molecule has 0 aliphatic carbocycles. The highest BCUT2D eigenvalue weighted by Gasteiger charge is 2.07. The average molecular weight is 373 g/mol. The van der Waals surface area contributed by atoms with E-state index in [4.69, 9.17) is 0 Å². The highest BCUT2D eigenvalue weighted by Crippen LogP contribution is 2.12. The summed E-state index contributed by atoms with van der Waals surface area (Å²) in [6.45, 7) is 2.42. The minimum atomic E-state index is -0.180. The van der Waals surface area contributed by atoms with Crippen molar-refractivity contribution in [3.8, 4) is 0 Å². The molecule has 3 rings (SSSR count). The van der Waals surface area contributed by atoms with Crippen LogP contribution in [0.2, 0.25) is 0 Å². The van der Waals surface area contributed by atoms with Gasteiger partial charge in [0.1, 0.15) is 0 Å². The number of hydrogen-bond acceptors (Lipinski definition) is 3. The topological polar surface area (TPSA) is 71.1 Å². The third-order valence-corrected chi connectivity index (χ3v) is 4.35. The lowest BCUT2D eigenvalue weighted by atomic mass is 10.1. The number of aromatic nitrogens is 1. The van der Waals surface area contributed by atoms with E-state index in [2.05, 4.69) is 27.8 Å². The van der Waals surface area contributed by atoms with Gasteiger partial charge >= 0.3 is 0 Å². The molecule has 0 unspecified atom stereocenters. The molecule has 2 aromatic carbocycles.